The van der Waals surface area contributed by atoms with Gasteiger partial charge in [-0.3, -0.25) is 4.79 Å². The molecule has 2 nitrogen and oxygen atoms in total. The number of Topliss-reactive ketones (excluding diaryl/α,β-unsaturated/α-hetero) is 1. The number of thiazole rings is 1. The fraction of sp³-hybridized carbons (Fsp3) is 0.167. The second-order valence-electron chi connectivity index (χ2n) is 3.58. The third kappa shape index (κ3) is 2.53. The summed E-state index contributed by atoms with van der Waals surface area (Å²) in [5, 5.41) is 2.09. The molecular formula is C12H9ClFNOS. The van der Waals surface area contributed by atoms with Gasteiger partial charge in [0.2, 0.25) is 0 Å². The summed E-state index contributed by atoms with van der Waals surface area (Å²) in [6, 6.07) is 4.92. The average Bonchev–Trinajstić information content (AvgIpc) is 2.77. The van der Waals surface area contributed by atoms with E-state index in [-0.39, 0.29) is 17.5 Å². The molecular weight excluding hydrogens is 261 g/mol. The second-order valence-corrected chi connectivity index (χ2v) is 4.70. The molecule has 2 aromatic rings. The number of aryl methyl sites for hydroxylation is 1. The van der Waals surface area contributed by atoms with E-state index in [9.17, 15) is 9.18 Å². The van der Waals surface area contributed by atoms with Crippen LogP contribution in [0.1, 0.15) is 16.1 Å². The summed E-state index contributed by atoms with van der Waals surface area (Å²) >= 11 is 6.67. The van der Waals surface area contributed by atoms with Gasteiger partial charge >= 0.3 is 0 Å². The third-order valence-electron chi connectivity index (χ3n) is 2.27. The summed E-state index contributed by atoms with van der Waals surface area (Å²) in [6.07, 6.45) is 0. The molecule has 0 aliphatic carbocycles. The van der Waals surface area contributed by atoms with E-state index >= 15 is 0 Å². The lowest BCUT2D eigenvalue weighted by atomic mass is 10.1. The maximum Gasteiger partial charge on any atom is 0.196 e. The lowest BCUT2D eigenvalue weighted by molar-refractivity contribution is 0.101. The first-order chi connectivity index (χ1) is 8.11. The summed E-state index contributed by atoms with van der Waals surface area (Å²) in [7, 11) is 0. The van der Waals surface area contributed by atoms with E-state index in [1.165, 1.54) is 17.4 Å². The van der Waals surface area contributed by atoms with Crippen LogP contribution in [-0.2, 0) is 0 Å². The van der Waals surface area contributed by atoms with Gasteiger partial charge in [0.1, 0.15) is 16.5 Å². The van der Waals surface area contributed by atoms with E-state index in [1.807, 2.05) is 13.0 Å². The molecule has 2 rings (SSSR count). The number of hydrogen-bond acceptors (Lipinski definition) is 3. The zero-order valence-electron chi connectivity index (χ0n) is 9.04. The Hall–Kier alpha value is -1.26. The highest BCUT2D eigenvalue weighted by Crippen LogP contribution is 2.27. The van der Waals surface area contributed by atoms with Gasteiger partial charge in [0.15, 0.2) is 5.78 Å². The number of aromatic nitrogens is 1. The molecule has 0 unspecified atom stereocenters. The molecule has 0 radical (unpaired) electrons. The van der Waals surface area contributed by atoms with Crippen LogP contribution < -0.4 is 0 Å². The first kappa shape index (κ1) is 12.2. The van der Waals surface area contributed by atoms with Gasteiger partial charge in [-0.15, -0.1) is 22.9 Å². The highest BCUT2D eigenvalue weighted by molar-refractivity contribution is 7.13. The molecule has 5 heteroatoms. The Morgan fingerprint density at radius 1 is 1.53 bits per heavy atom. The van der Waals surface area contributed by atoms with Crippen molar-refractivity contribution in [2.75, 3.05) is 5.88 Å². The summed E-state index contributed by atoms with van der Waals surface area (Å²) in [4.78, 5) is 15.4. The maximum absolute atomic E-state index is 13.7. The van der Waals surface area contributed by atoms with Crippen molar-refractivity contribution in [2.45, 2.75) is 6.92 Å². The molecule has 1 aromatic carbocycles. The van der Waals surface area contributed by atoms with Crippen LogP contribution in [0.4, 0.5) is 4.39 Å². The Bertz CT molecular complexity index is 567. The van der Waals surface area contributed by atoms with Gasteiger partial charge in [-0.1, -0.05) is 6.07 Å². The number of hydrogen-bond donors (Lipinski definition) is 0. The quantitative estimate of drug-likeness (QED) is 0.628. The predicted octanol–water partition coefficient (Wildman–Crippen LogP) is 3.68. The largest absolute Gasteiger partial charge is 0.291 e. The number of ketones is 1. The lowest BCUT2D eigenvalue weighted by Gasteiger charge is -1.99. The van der Waals surface area contributed by atoms with Crippen molar-refractivity contribution in [3.63, 3.8) is 0 Å². The predicted molar refractivity (Wildman–Crippen MR) is 67.3 cm³/mol. The van der Waals surface area contributed by atoms with Crippen molar-refractivity contribution in [1.82, 2.24) is 4.98 Å². The van der Waals surface area contributed by atoms with Crippen LogP contribution in [-0.4, -0.2) is 16.6 Å². The Morgan fingerprint density at radius 3 is 2.94 bits per heavy atom. The molecule has 0 aliphatic rings. The van der Waals surface area contributed by atoms with Gasteiger partial charge in [0.05, 0.1) is 5.88 Å². The van der Waals surface area contributed by atoms with Crippen LogP contribution >= 0.6 is 22.9 Å². The molecule has 17 heavy (non-hydrogen) atoms. The first-order valence-corrected chi connectivity index (χ1v) is 6.34. The van der Waals surface area contributed by atoms with E-state index in [0.29, 0.717) is 16.3 Å². The van der Waals surface area contributed by atoms with E-state index < -0.39 is 0 Å². The van der Waals surface area contributed by atoms with Gasteiger partial charge in [0.25, 0.3) is 0 Å². The van der Waals surface area contributed by atoms with Crippen LogP contribution in [0.15, 0.2) is 23.6 Å². The van der Waals surface area contributed by atoms with E-state index in [4.69, 9.17) is 11.6 Å². The fourth-order valence-electron chi connectivity index (χ4n) is 1.39. The molecule has 0 spiro atoms. The van der Waals surface area contributed by atoms with Crippen molar-refractivity contribution >= 4 is 28.7 Å². The number of alkyl halides is 1. The number of carbonyl (C=O) groups excluding carboxylic acids is 1. The topological polar surface area (TPSA) is 30.0 Å². The molecule has 88 valence electrons. The fourth-order valence-corrected chi connectivity index (χ4v) is 2.38. The van der Waals surface area contributed by atoms with E-state index in [0.717, 1.165) is 5.56 Å². The van der Waals surface area contributed by atoms with Crippen LogP contribution in [0, 0.1) is 12.7 Å². The number of halogens is 2. The third-order valence-corrected chi connectivity index (χ3v) is 3.38. The van der Waals surface area contributed by atoms with Crippen LogP contribution in [0.3, 0.4) is 0 Å². The minimum absolute atomic E-state index is 0.112. The maximum atomic E-state index is 13.7. The Labute approximate surface area is 107 Å². The van der Waals surface area contributed by atoms with E-state index in [1.54, 1.807) is 11.4 Å². The van der Waals surface area contributed by atoms with Crippen LogP contribution in [0.2, 0.25) is 0 Å². The average molecular weight is 270 g/mol. The van der Waals surface area contributed by atoms with Gasteiger partial charge in [-0.05, 0) is 24.6 Å². The van der Waals surface area contributed by atoms with Crippen LogP contribution in [0.25, 0.3) is 10.6 Å². The molecule has 1 aromatic heterocycles. The molecule has 0 N–H and O–H groups in total. The molecule has 0 aliphatic heterocycles. The Kier molecular flexibility index (Phi) is 3.54. The van der Waals surface area contributed by atoms with Gasteiger partial charge in [-0.25, -0.2) is 9.37 Å². The lowest BCUT2D eigenvalue weighted by Crippen LogP contribution is -2.00. The SMILES string of the molecule is Cc1ccc(-c2nc(C(=O)CCl)cs2)c(F)c1. The van der Waals surface area contributed by atoms with E-state index in [2.05, 4.69) is 4.98 Å². The molecule has 0 saturated heterocycles. The molecule has 0 saturated carbocycles. The van der Waals surface area contributed by atoms with Crippen molar-refractivity contribution in [1.29, 1.82) is 0 Å². The van der Waals surface area contributed by atoms with Gasteiger partial charge in [-0.2, -0.15) is 0 Å². The van der Waals surface area contributed by atoms with Crippen molar-refractivity contribution in [3.05, 3.63) is 40.7 Å². The standard InChI is InChI=1S/C12H9ClFNOS/c1-7-2-3-8(9(14)4-7)12-15-10(6-17-12)11(16)5-13/h2-4,6H,5H2,1H3. The van der Waals surface area contributed by atoms with Gasteiger partial charge in [0, 0.05) is 10.9 Å². The summed E-state index contributed by atoms with van der Waals surface area (Å²) in [5.74, 6) is -0.689. The van der Waals surface area contributed by atoms with Crippen molar-refractivity contribution in [2.24, 2.45) is 0 Å². The summed E-state index contributed by atoms with van der Waals surface area (Å²) in [5.41, 5.74) is 1.55. The van der Waals surface area contributed by atoms with Crippen molar-refractivity contribution in [3.8, 4) is 10.6 Å². The number of benzene rings is 1. The number of carbonyl (C=O) groups is 1. The summed E-state index contributed by atoms with van der Waals surface area (Å²) in [6.45, 7) is 1.82. The minimum Gasteiger partial charge on any atom is -0.291 e. The molecule has 0 atom stereocenters. The van der Waals surface area contributed by atoms with Crippen LogP contribution in [0.5, 0.6) is 0 Å². The first-order valence-electron chi connectivity index (χ1n) is 4.93. The normalized spacial score (nSPS) is 10.5. The zero-order chi connectivity index (χ0) is 12.4. The number of rotatable bonds is 3. The summed E-state index contributed by atoms with van der Waals surface area (Å²) < 4.78 is 13.7. The zero-order valence-corrected chi connectivity index (χ0v) is 10.6. The highest BCUT2D eigenvalue weighted by Gasteiger charge is 2.13. The highest BCUT2D eigenvalue weighted by atomic mass is 35.5. The number of nitrogens with zero attached hydrogens (tertiary/aromatic N) is 1. The molecule has 0 amide bonds. The smallest absolute Gasteiger partial charge is 0.196 e. The molecule has 1 heterocycles. The van der Waals surface area contributed by atoms with Gasteiger partial charge < -0.3 is 0 Å². The Morgan fingerprint density at radius 2 is 2.29 bits per heavy atom. The second kappa shape index (κ2) is 4.94. The Balaban J connectivity index is 2.40. The van der Waals surface area contributed by atoms with Crippen molar-refractivity contribution < 1.29 is 9.18 Å². The minimum atomic E-state index is -0.329. The molecule has 0 fully saturated rings. The monoisotopic (exact) mass is 269 g/mol. The molecule has 0 bridgehead atoms.